The molecular formula is C13H16N2O4S. The summed E-state index contributed by atoms with van der Waals surface area (Å²) in [7, 11) is -3.22. The summed E-state index contributed by atoms with van der Waals surface area (Å²) in [5, 5.41) is 2.29. The van der Waals surface area contributed by atoms with E-state index in [1.54, 1.807) is 19.1 Å². The van der Waals surface area contributed by atoms with E-state index in [2.05, 4.69) is 5.32 Å². The van der Waals surface area contributed by atoms with Crippen molar-refractivity contribution >= 4 is 21.8 Å². The molecule has 0 aromatic heterocycles. The summed E-state index contributed by atoms with van der Waals surface area (Å²) in [5.74, 6) is -0.512. The third kappa shape index (κ3) is 3.16. The molecular weight excluding hydrogens is 280 g/mol. The zero-order valence-electron chi connectivity index (χ0n) is 11.3. The number of amides is 3. The van der Waals surface area contributed by atoms with Crippen molar-refractivity contribution in [3.8, 4) is 0 Å². The zero-order valence-corrected chi connectivity index (χ0v) is 12.1. The molecule has 0 spiro atoms. The second-order valence-electron chi connectivity index (χ2n) is 4.99. The number of benzene rings is 1. The fourth-order valence-corrected chi connectivity index (χ4v) is 2.63. The van der Waals surface area contributed by atoms with Gasteiger partial charge in [-0.05, 0) is 17.7 Å². The number of carbonyl (C=O) groups excluding carboxylic acids is 2. The minimum absolute atomic E-state index is 0.243. The molecule has 1 aliphatic heterocycles. The average molecular weight is 296 g/mol. The Hall–Kier alpha value is -1.89. The van der Waals surface area contributed by atoms with Crippen LogP contribution in [0.4, 0.5) is 4.79 Å². The van der Waals surface area contributed by atoms with Gasteiger partial charge in [-0.1, -0.05) is 19.1 Å². The maximum atomic E-state index is 11.7. The number of hydrogen-bond donors (Lipinski definition) is 1. The highest BCUT2D eigenvalue weighted by Crippen LogP contribution is 2.15. The van der Waals surface area contributed by atoms with E-state index in [9.17, 15) is 18.0 Å². The van der Waals surface area contributed by atoms with Gasteiger partial charge < -0.3 is 4.90 Å². The molecule has 0 aliphatic carbocycles. The molecule has 1 fully saturated rings. The largest absolute Gasteiger partial charge is 0.324 e. The number of hydrogen-bond acceptors (Lipinski definition) is 4. The van der Waals surface area contributed by atoms with Crippen molar-refractivity contribution in [2.24, 2.45) is 5.92 Å². The predicted molar refractivity (Wildman–Crippen MR) is 72.7 cm³/mol. The maximum Gasteiger partial charge on any atom is 0.324 e. The van der Waals surface area contributed by atoms with Crippen LogP contribution >= 0.6 is 0 Å². The Morgan fingerprint density at radius 2 is 1.85 bits per heavy atom. The quantitative estimate of drug-likeness (QED) is 0.893. The van der Waals surface area contributed by atoms with Gasteiger partial charge in [0.1, 0.15) is 0 Å². The van der Waals surface area contributed by atoms with Crippen LogP contribution in [0.3, 0.4) is 0 Å². The molecule has 1 saturated heterocycles. The molecule has 1 aromatic carbocycles. The highest BCUT2D eigenvalue weighted by Gasteiger charge is 2.28. The Labute approximate surface area is 117 Å². The number of sulfone groups is 1. The molecule has 1 heterocycles. The zero-order chi connectivity index (χ0) is 14.9. The summed E-state index contributed by atoms with van der Waals surface area (Å²) in [4.78, 5) is 24.8. The molecule has 1 atom stereocenters. The smallest absolute Gasteiger partial charge is 0.319 e. The number of nitrogens with zero attached hydrogens (tertiary/aromatic N) is 1. The molecule has 20 heavy (non-hydrogen) atoms. The molecule has 3 amide bonds. The van der Waals surface area contributed by atoms with E-state index >= 15 is 0 Å². The molecule has 108 valence electrons. The summed E-state index contributed by atoms with van der Waals surface area (Å²) in [5.41, 5.74) is 0.814. The first kappa shape index (κ1) is 14.5. The highest BCUT2D eigenvalue weighted by molar-refractivity contribution is 7.90. The highest BCUT2D eigenvalue weighted by atomic mass is 32.2. The first-order chi connectivity index (χ1) is 9.27. The van der Waals surface area contributed by atoms with Crippen molar-refractivity contribution in [1.29, 1.82) is 0 Å². The van der Waals surface area contributed by atoms with Gasteiger partial charge >= 0.3 is 6.03 Å². The van der Waals surface area contributed by atoms with Gasteiger partial charge in [0.15, 0.2) is 9.84 Å². The van der Waals surface area contributed by atoms with Gasteiger partial charge in [0.2, 0.25) is 5.91 Å². The van der Waals surface area contributed by atoms with Crippen LogP contribution in [-0.2, 0) is 21.2 Å². The Morgan fingerprint density at radius 1 is 1.25 bits per heavy atom. The van der Waals surface area contributed by atoms with E-state index < -0.39 is 15.9 Å². The van der Waals surface area contributed by atoms with Crippen molar-refractivity contribution < 1.29 is 18.0 Å². The summed E-state index contributed by atoms with van der Waals surface area (Å²) in [6, 6.07) is 5.96. The summed E-state index contributed by atoms with van der Waals surface area (Å²) >= 11 is 0. The molecule has 7 heteroatoms. The van der Waals surface area contributed by atoms with Crippen molar-refractivity contribution in [2.75, 3.05) is 12.8 Å². The first-order valence-electron chi connectivity index (χ1n) is 6.16. The van der Waals surface area contributed by atoms with Crippen molar-refractivity contribution in [3.05, 3.63) is 29.8 Å². The molecule has 1 aliphatic rings. The topological polar surface area (TPSA) is 83.6 Å². The van der Waals surface area contributed by atoms with Crippen molar-refractivity contribution in [3.63, 3.8) is 0 Å². The summed E-state index contributed by atoms with van der Waals surface area (Å²) in [6.45, 7) is 2.45. The van der Waals surface area contributed by atoms with Crippen LogP contribution in [0, 0.1) is 5.92 Å². The van der Waals surface area contributed by atoms with E-state index in [4.69, 9.17) is 0 Å². The number of carbonyl (C=O) groups is 2. The van der Waals surface area contributed by atoms with Crippen LogP contribution in [0.1, 0.15) is 12.5 Å². The number of nitrogens with one attached hydrogen (secondary N) is 1. The minimum atomic E-state index is -3.22. The number of rotatable bonds is 3. The van der Waals surface area contributed by atoms with Crippen LogP contribution in [0.5, 0.6) is 0 Å². The van der Waals surface area contributed by atoms with E-state index in [-0.39, 0.29) is 16.7 Å². The van der Waals surface area contributed by atoms with E-state index in [1.807, 2.05) is 0 Å². The molecule has 2 rings (SSSR count). The van der Waals surface area contributed by atoms with Crippen LogP contribution < -0.4 is 5.32 Å². The van der Waals surface area contributed by atoms with Gasteiger partial charge in [0.25, 0.3) is 0 Å². The van der Waals surface area contributed by atoms with E-state index in [0.29, 0.717) is 13.1 Å². The Morgan fingerprint density at radius 3 is 2.40 bits per heavy atom. The minimum Gasteiger partial charge on any atom is -0.319 e. The molecule has 1 unspecified atom stereocenters. The van der Waals surface area contributed by atoms with Gasteiger partial charge in [0.05, 0.1) is 10.8 Å². The molecule has 0 bridgehead atoms. The SMILES string of the molecule is CC1CN(Cc2ccc(S(C)(=O)=O)cc2)C(=O)NC1=O. The third-order valence-electron chi connectivity index (χ3n) is 3.18. The molecule has 0 saturated carbocycles. The normalized spacial score (nSPS) is 19.9. The molecule has 0 radical (unpaired) electrons. The van der Waals surface area contributed by atoms with Gasteiger partial charge in [-0.15, -0.1) is 0 Å². The maximum absolute atomic E-state index is 11.7. The third-order valence-corrected chi connectivity index (χ3v) is 4.31. The predicted octanol–water partition coefficient (Wildman–Crippen LogP) is 0.778. The summed E-state index contributed by atoms with van der Waals surface area (Å²) in [6.07, 6.45) is 1.15. The first-order valence-corrected chi connectivity index (χ1v) is 8.05. The van der Waals surface area contributed by atoms with Crippen LogP contribution in [0.25, 0.3) is 0 Å². The van der Waals surface area contributed by atoms with Crippen LogP contribution in [0.15, 0.2) is 29.2 Å². The average Bonchev–Trinajstić information content (AvgIpc) is 2.35. The van der Waals surface area contributed by atoms with Crippen LogP contribution in [0.2, 0.25) is 0 Å². The standard InChI is InChI=1S/C13H16N2O4S/c1-9-7-15(13(17)14-12(9)16)8-10-3-5-11(6-4-10)20(2,18)19/h3-6,9H,7-8H2,1-2H3,(H,14,16,17). The fraction of sp³-hybridized carbons (Fsp3) is 0.385. The lowest BCUT2D eigenvalue weighted by Gasteiger charge is -2.30. The van der Waals surface area contributed by atoms with Crippen molar-refractivity contribution in [2.45, 2.75) is 18.4 Å². The fourth-order valence-electron chi connectivity index (χ4n) is 2.00. The molecule has 6 nitrogen and oxygen atoms in total. The number of imide groups is 1. The Balaban J connectivity index is 2.10. The lowest BCUT2D eigenvalue weighted by Crippen LogP contribution is -2.53. The number of urea groups is 1. The monoisotopic (exact) mass is 296 g/mol. The van der Waals surface area contributed by atoms with Gasteiger partial charge in [0, 0.05) is 19.3 Å². The van der Waals surface area contributed by atoms with Gasteiger partial charge in [-0.3, -0.25) is 10.1 Å². The second-order valence-corrected chi connectivity index (χ2v) is 7.01. The lowest BCUT2D eigenvalue weighted by molar-refractivity contribution is -0.125. The van der Waals surface area contributed by atoms with Gasteiger partial charge in [-0.2, -0.15) is 0 Å². The van der Waals surface area contributed by atoms with Crippen LogP contribution in [-0.4, -0.2) is 38.1 Å². The Kier molecular flexibility index (Phi) is 3.80. The van der Waals surface area contributed by atoms with Crippen molar-refractivity contribution in [1.82, 2.24) is 10.2 Å². The second kappa shape index (κ2) is 5.24. The van der Waals surface area contributed by atoms with Gasteiger partial charge in [-0.25, -0.2) is 13.2 Å². The summed E-state index contributed by atoms with van der Waals surface area (Å²) < 4.78 is 22.7. The lowest BCUT2D eigenvalue weighted by atomic mass is 10.1. The molecule has 1 N–H and O–H groups in total. The Bertz CT molecular complexity index is 637. The van der Waals surface area contributed by atoms with E-state index in [1.165, 1.54) is 17.0 Å². The van der Waals surface area contributed by atoms with E-state index in [0.717, 1.165) is 11.8 Å². The molecule has 1 aromatic rings.